The number of nitrogens with zero attached hydrogens (tertiary/aromatic N) is 1. The van der Waals surface area contributed by atoms with Crippen LogP contribution in [0.5, 0.6) is 0 Å². The SMILES string of the molecule is CC1(C2Nc3ccccc3C=N[C@@H]2NC(=O)[C@H](Cc2ccc(Cl)c(Cl)c2)c2ccc(Br)cc2)C=CC=CC1=O. The summed E-state index contributed by atoms with van der Waals surface area (Å²) in [5, 5.41) is 7.58. The van der Waals surface area contributed by atoms with Gasteiger partial charge in [0.15, 0.2) is 5.78 Å². The molecule has 0 radical (unpaired) electrons. The number of anilines is 1. The van der Waals surface area contributed by atoms with Crippen LogP contribution < -0.4 is 10.6 Å². The van der Waals surface area contributed by atoms with Gasteiger partial charge in [0.1, 0.15) is 6.17 Å². The highest BCUT2D eigenvalue weighted by Crippen LogP contribution is 2.35. The molecule has 5 nitrogen and oxygen atoms in total. The first-order valence-corrected chi connectivity index (χ1v) is 14.1. The van der Waals surface area contributed by atoms with Gasteiger partial charge < -0.3 is 10.6 Å². The summed E-state index contributed by atoms with van der Waals surface area (Å²) < 4.78 is 0.916. The normalized spacial score (nSPS) is 22.5. The van der Waals surface area contributed by atoms with E-state index in [2.05, 4.69) is 26.6 Å². The maximum absolute atomic E-state index is 14.1. The van der Waals surface area contributed by atoms with Crippen molar-refractivity contribution in [3.63, 3.8) is 0 Å². The average molecular weight is 623 g/mol. The number of aliphatic imine (C=N–C) groups is 1. The molecule has 8 heteroatoms. The third-order valence-corrected chi connectivity index (χ3v) is 8.51. The van der Waals surface area contributed by atoms with Crippen LogP contribution in [0.4, 0.5) is 5.69 Å². The number of benzodiazepines with no additional fused rings is 1. The summed E-state index contributed by atoms with van der Waals surface area (Å²) in [6.07, 6.45) is 8.45. The minimum absolute atomic E-state index is 0.0587. The van der Waals surface area contributed by atoms with Crippen LogP contribution in [-0.2, 0) is 16.0 Å². The Bertz CT molecular complexity index is 1500. The zero-order chi connectivity index (χ0) is 27.6. The highest BCUT2D eigenvalue weighted by atomic mass is 79.9. The number of fused-ring (bicyclic) bond motifs is 1. The largest absolute Gasteiger partial charge is 0.376 e. The van der Waals surface area contributed by atoms with Gasteiger partial charge in [-0.25, -0.2) is 0 Å². The van der Waals surface area contributed by atoms with E-state index in [1.54, 1.807) is 30.5 Å². The summed E-state index contributed by atoms with van der Waals surface area (Å²) in [7, 11) is 0. The van der Waals surface area contributed by atoms with Gasteiger partial charge in [-0.2, -0.15) is 0 Å². The van der Waals surface area contributed by atoms with E-state index < -0.39 is 23.5 Å². The number of hydrogen-bond acceptors (Lipinski definition) is 4. The molecule has 0 saturated carbocycles. The summed E-state index contributed by atoms with van der Waals surface area (Å²) in [4.78, 5) is 32.0. The number of allylic oxidation sites excluding steroid dienone is 3. The van der Waals surface area contributed by atoms with Crippen LogP contribution in [-0.4, -0.2) is 30.1 Å². The fourth-order valence-corrected chi connectivity index (χ4v) is 5.54. The minimum atomic E-state index is -0.932. The van der Waals surface area contributed by atoms with Crippen LogP contribution in [0.25, 0.3) is 0 Å². The zero-order valence-electron chi connectivity index (χ0n) is 21.1. The Kier molecular flexibility index (Phi) is 8.08. The van der Waals surface area contributed by atoms with Crippen molar-refractivity contribution < 1.29 is 9.59 Å². The van der Waals surface area contributed by atoms with Crippen molar-refractivity contribution in [1.29, 1.82) is 0 Å². The zero-order valence-corrected chi connectivity index (χ0v) is 24.2. The van der Waals surface area contributed by atoms with Gasteiger partial charge in [-0.3, -0.25) is 14.6 Å². The van der Waals surface area contributed by atoms with Crippen molar-refractivity contribution in [2.75, 3.05) is 5.32 Å². The molecule has 2 aliphatic rings. The van der Waals surface area contributed by atoms with Crippen molar-refractivity contribution in [1.82, 2.24) is 5.32 Å². The van der Waals surface area contributed by atoms with Crippen LogP contribution >= 0.6 is 39.1 Å². The summed E-state index contributed by atoms with van der Waals surface area (Å²) in [6.45, 7) is 1.87. The number of para-hydroxylation sites is 1. The molecule has 0 bridgehead atoms. The maximum Gasteiger partial charge on any atom is 0.229 e. The van der Waals surface area contributed by atoms with Gasteiger partial charge in [-0.1, -0.05) is 93.8 Å². The van der Waals surface area contributed by atoms with Crippen LogP contribution in [0.2, 0.25) is 10.0 Å². The Morgan fingerprint density at radius 2 is 1.85 bits per heavy atom. The number of hydrogen-bond donors (Lipinski definition) is 2. The van der Waals surface area contributed by atoms with Crippen molar-refractivity contribution in [2.24, 2.45) is 10.4 Å². The summed E-state index contributed by atoms with van der Waals surface area (Å²) >= 11 is 15.9. The van der Waals surface area contributed by atoms with E-state index in [1.807, 2.05) is 73.7 Å². The van der Waals surface area contributed by atoms with Gasteiger partial charge in [-0.05, 0) is 60.9 Å². The molecule has 2 unspecified atom stereocenters. The molecule has 39 heavy (non-hydrogen) atoms. The van der Waals surface area contributed by atoms with Gasteiger partial charge in [0.25, 0.3) is 0 Å². The number of carbonyl (C=O) groups is 2. The molecule has 1 amide bonds. The van der Waals surface area contributed by atoms with Gasteiger partial charge in [0.2, 0.25) is 5.91 Å². The summed E-state index contributed by atoms with van der Waals surface area (Å²) in [5.41, 5.74) is 2.51. The maximum atomic E-state index is 14.1. The molecule has 198 valence electrons. The lowest BCUT2D eigenvalue weighted by Gasteiger charge is -2.38. The second-order valence-corrected chi connectivity index (χ2v) is 11.6. The standard InChI is InChI=1S/C31H26BrCl2N3O2/c1-31(15-5-4-8-27(31)38)28-29(35-18-21-6-2-3-7-26(21)36-28)37-30(39)23(20-10-12-22(32)13-11-20)16-19-9-14-24(33)25(34)17-19/h2-15,17-18,23,28-29,36H,16H2,1H3,(H,37,39)/t23-,28?,29-,31?/m1/s1. The molecule has 1 aliphatic carbocycles. The molecule has 4 atom stereocenters. The lowest BCUT2D eigenvalue weighted by Crippen LogP contribution is -2.56. The number of halogens is 3. The first-order chi connectivity index (χ1) is 18.7. The predicted octanol–water partition coefficient (Wildman–Crippen LogP) is 7.14. The van der Waals surface area contributed by atoms with Crippen LogP contribution in [0.1, 0.15) is 29.5 Å². The first kappa shape index (κ1) is 27.4. The molecule has 0 fully saturated rings. The second kappa shape index (κ2) is 11.5. The molecule has 1 aliphatic heterocycles. The third kappa shape index (κ3) is 5.88. The Labute approximate surface area is 246 Å². The average Bonchev–Trinajstić information content (AvgIpc) is 3.11. The van der Waals surface area contributed by atoms with E-state index in [4.69, 9.17) is 28.2 Å². The quantitative estimate of drug-likeness (QED) is 0.307. The Hall–Kier alpha value is -3.19. The van der Waals surface area contributed by atoms with Crippen LogP contribution in [0, 0.1) is 5.41 Å². The Morgan fingerprint density at radius 1 is 1.08 bits per heavy atom. The Balaban J connectivity index is 1.50. The second-order valence-electron chi connectivity index (χ2n) is 9.86. The van der Waals surface area contributed by atoms with Gasteiger partial charge in [0.05, 0.1) is 27.4 Å². The summed E-state index contributed by atoms with van der Waals surface area (Å²) in [5.74, 6) is -0.812. The number of rotatable bonds is 6. The van der Waals surface area contributed by atoms with Crippen molar-refractivity contribution in [3.05, 3.63) is 122 Å². The molecule has 0 saturated heterocycles. The van der Waals surface area contributed by atoms with E-state index in [1.165, 1.54) is 0 Å². The molecule has 5 rings (SSSR count). The van der Waals surface area contributed by atoms with E-state index in [0.29, 0.717) is 16.5 Å². The minimum Gasteiger partial charge on any atom is -0.376 e. The molecule has 3 aromatic rings. The van der Waals surface area contributed by atoms with Crippen molar-refractivity contribution >= 4 is 62.7 Å². The van der Waals surface area contributed by atoms with Crippen LogP contribution in [0.3, 0.4) is 0 Å². The number of ketones is 1. The van der Waals surface area contributed by atoms with E-state index in [0.717, 1.165) is 26.9 Å². The van der Waals surface area contributed by atoms with E-state index in [-0.39, 0.29) is 11.7 Å². The van der Waals surface area contributed by atoms with Gasteiger partial charge >= 0.3 is 0 Å². The van der Waals surface area contributed by atoms with E-state index in [9.17, 15) is 9.59 Å². The first-order valence-electron chi connectivity index (χ1n) is 12.5. The summed E-state index contributed by atoms with van der Waals surface area (Å²) in [6, 6.07) is 20.3. The number of amides is 1. The molecule has 2 N–H and O–H groups in total. The Morgan fingerprint density at radius 3 is 2.59 bits per heavy atom. The molecule has 1 heterocycles. The van der Waals surface area contributed by atoms with Gasteiger partial charge in [0, 0.05) is 21.9 Å². The number of nitrogens with one attached hydrogen (secondary N) is 2. The van der Waals surface area contributed by atoms with E-state index >= 15 is 0 Å². The molecule has 0 spiro atoms. The number of benzene rings is 3. The lowest BCUT2D eigenvalue weighted by molar-refractivity contribution is -0.125. The van der Waals surface area contributed by atoms with Crippen molar-refractivity contribution in [3.8, 4) is 0 Å². The van der Waals surface area contributed by atoms with Crippen molar-refractivity contribution in [2.45, 2.75) is 31.5 Å². The topological polar surface area (TPSA) is 70.6 Å². The third-order valence-electron chi connectivity index (χ3n) is 7.24. The van der Waals surface area contributed by atoms with Gasteiger partial charge in [-0.15, -0.1) is 0 Å². The molecule has 3 aromatic carbocycles. The highest BCUT2D eigenvalue weighted by molar-refractivity contribution is 9.10. The highest BCUT2D eigenvalue weighted by Gasteiger charge is 2.45. The fourth-order valence-electron chi connectivity index (χ4n) is 4.96. The molecular formula is C31H26BrCl2N3O2. The smallest absolute Gasteiger partial charge is 0.229 e. The van der Waals surface area contributed by atoms with Crippen LogP contribution in [0.15, 0.2) is 100 Å². The fraction of sp³-hybridized carbons (Fsp3) is 0.194. The molecule has 0 aromatic heterocycles. The monoisotopic (exact) mass is 621 g/mol. The predicted molar refractivity (Wildman–Crippen MR) is 162 cm³/mol. The molecular weight excluding hydrogens is 597 g/mol. The number of carbonyl (C=O) groups excluding carboxylic acids is 2. The lowest BCUT2D eigenvalue weighted by atomic mass is 9.74.